The third kappa shape index (κ3) is 1220. The fourth-order valence-electron chi connectivity index (χ4n) is 0. The third-order valence-electron chi connectivity index (χ3n) is 0. The molecule has 0 bridgehead atoms. The van der Waals surface area contributed by atoms with E-state index in [0.29, 0.717) is 0 Å². The molecule has 8 N–H and O–H groups in total. The summed E-state index contributed by atoms with van der Waals surface area (Å²) in [7, 11) is -9.31. The van der Waals surface area contributed by atoms with E-state index in [1.165, 1.54) is 0 Å². The molecule has 74 valence electrons. The molecule has 0 fully saturated rings. The molecule has 0 radical (unpaired) electrons. The van der Waals surface area contributed by atoms with Gasteiger partial charge in [0, 0.05) is 0 Å². The van der Waals surface area contributed by atoms with Crippen molar-refractivity contribution in [2.75, 3.05) is 0 Å². The molecular weight excluding hydrogens is 228 g/mol. The van der Waals surface area contributed by atoms with Crippen molar-refractivity contribution in [1.29, 1.82) is 0 Å². The Hall–Kier alpha value is 0.940. The summed E-state index contributed by atoms with van der Waals surface area (Å²) in [6.07, 6.45) is 0. The largest absolute Gasteiger partial charge is 1.00 e. The van der Waals surface area contributed by atoms with E-state index in [9.17, 15) is 0 Å². The normalized spacial score (nSPS) is 9.75. The molecule has 12 heteroatoms. The Labute approximate surface area is 92.0 Å². The molecular formula is H9NNaO8PS. The van der Waals surface area contributed by atoms with Crippen LogP contribution in [0.25, 0.3) is 0 Å². The molecule has 9 nitrogen and oxygen atoms in total. The molecule has 0 saturated carbocycles. The number of rotatable bonds is 0. The number of phosphoric acid groups is 1. The number of hydrogen-bond donors (Lipinski definition) is 6. The summed E-state index contributed by atoms with van der Waals surface area (Å²) in [4.78, 5) is 21.6. The molecule has 0 aromatic carbocycles. The van der Waals surface area contributed by atoms with Gasteiger partial charge in [-0.2, -0.15) is 8.42 Å². The van der Waals surface area contributed by atoms with Crippen molar-refractivity contribution in [3.05, 3.63) is 0 Å². The van der Waals surface area contributed by atoms with Crippen molar-refractivity contribution >= 4 is 18.2 Å². The van der Waals surface area contributed by atoms with Gasteiger partial charge >= 0.3 is 47.8 Å². The Morgan fingerprint density at radius 2 is 1.08 bits per heavy atom. The van der Waals surface area contributed by atoms with Gasteiger partial charge in [0.05, 0.1) is 0 Å². The van der Waals surface area contributed by atoms with Crippen LogP contribution in [0, 0.1) is 0 Å². The number of hydrogen-bond acceptors (Lipinski definition) is 4. The average molecular weight is 237 g/mol. The van der Waals surface area contributed by atoms with E-state index in [2.05, 4.69) is 0 Å². The van der Waals surface area contributed by atoms with Crippen molar-refractivity contribution in [2.45, 2.75) is 0 Å². The molecule has 0 heterocycles. The molecule has 0 aliphatic heterocycles. The Morgan fingerprint density at radius 3 is 1.08 bits per heavy atom. The van der Waals surface area contributed by atoms with E-state index >= 15 is 0 Å². The zero-order chi connectivity index (χ0) is 9.00. The van der Waals surface area contributed by atoms with Crippen LogP contribution in [0.4, 0.5) is 0 Å². The Kier molecular flexibility index (Phi) is 16.4. The van der Waals surface area contributed by atoms with Crippen LogP contribution in [0.15, 0.2) is 0 Å². The maximum atomic E-state index is 8.88. The van der Waals surface area contributed by atoms with Gasteiger partial charge in [-0.15, -0.1) is 0 Å². The first-order valence-corrected chi connectivity index (χ1v) is 4.44. The quantitative estimate of drug-likeness (QED) is 0.137. The first-order chi connectivity index (χ1) is 4.00. The van der Waals surface area contributed by atoms with Crippen LogP contribution < -0.4 is 35.7 Å². The van der Waals surface area contributed by atoms with Crippen LogP contribution >= 0.6 is 7.82 Å². The fraction of sp³-hybridized carbons (Fsp3) is 0. The van der Waals surface area contributed by atoms with Gasteiger partial charge in [0.1, 0.15) is 0 Å². The van der Waals surface area contributed by atoms with Gasteiger partial charge in [0.25, 0.3) is 0 Å². The van der Waals surface area contributed by atoms with Gasteiger partial charge in [-0.05, 0) is 0 Å². The van der Waals surface area contributed by atoms with Gasteiger partial charge in [-0.1, -0.05) is 0 Å². The molecule has 0 rings (SSSR count). The van der Waals surface area contributed by atoms with Crippen molar-refractivity contribution < 1.29 is 67.8 Å². The Balaban J connectivity index is -0.0000000267. The topological polar surface area (TPSA) is 187 Å². The first kappa shape index (κ1) is 23.1. The summed E-state index contributed by atoms with van der Waals surface area (Å²) in [5.74, 6) is 0. The minimum Gasteiger partial charge on any atom is -1.00 e. The van der Waals surface area contributed by atoms with Crippen molar-refractivity contribution in [1.82, 2.24) is 6.15 Å². The molecule has 0 amide bonds. The summed E-state index contributed by atoms with van der Waals surface area (Å²) in [5, 5.41) is 0. The summed E-state index contributed by atoms with van der Waals surface area (Å²) in [6, 6.07) is 0. The Morgan fingerprint density at radius 1 is 1.08 bits per heavy atom. The van der Waals surface area contributed by atoms with Gasteiger partial charge in [-0.3, -0.25) is 9.11 Å². The molecule has 12 heavy (non-hydrogen) atoms. The van der Waals surface area contributed by atoms with Crippen LogP contribution in [-0.4, -0.2) is 32.2 Å². The van der Waals surface area contributed by atoms with Crippen LogP contribution in [-0.2, 0) is 15.0 Å². The summed E-state index contributed by atoms with van der Waals surface area (Å²) in [6.45, 7) is 0. The maximum Gasteiger partial charge on any atom is 1.00 e. The standard InChI is InChI=1S/H3N.Na.H3O4P.H2O4S.H/c;;2*1-5(2,3)4;/h1H3;;(H3,1,2,3,4);(H2,1,2,3,4);/q;+1;;;-1. The zero-order valence-electron chi connectivity index (χ0n) is 7.02. The van der Waals surface area contributed by atoms with Gasteiger partial charge < -0.3 is 22.3 Å². The van der Waals surface area contributed by atoms with Crippen molar-refractivity contribution in [3.63, 3.8) is 0 Å². The van der Waals surface area contributed by atoms with Gasteiger partial charge in [-0.25, -0.2) is 4.57 Å². The van der Waals surface area contributed by atoms with Crippen LogP contribution in [0.3, 0.4) is 0 Å². The van der Waals surface area contributed by atoms with Crippen molar-refractivity contribution in [3.8, 4) is 0 Å². The minimum absolute atomic E-state index is 0. The maximum absolute atomic E-state index is 8.88. The van der Waals surface area contributed by atoms with Gasteiger partial charge in [0.15, 0.2) is 0 Å². The molecule has 0 unspecified atom stereocenters. The van der Waals surface area contributed by atoms with E-state index in [0.717, 1.165) is 0 Å². The van der Waals surface area contributed by atoms with E-state index in [1.54, 1.807) is 0 Å². The second kappa shape index (κ2) is 8.53. The third-order valence-corrected chi connectivity index (χ3v) is 0. The predicted octanol–water partition coefficient (Wildman–Crippen LogP) is -4.30. The molecule has 0 aromatic heterocycles. The summed E-state index contributed by atoms with van der Waals surface area (Å²) < 4.78 is 40.5. The summed E-state index contributed by atoms with van der Waals surface area (Å²) in [5.41, 5.74) is 0. The fourth-order valence-corrected chi connectivity index (χ4v) is 0. The second-order valence-electron chi connectivity index (χ2n) is 0.961. The van der Waals surface area contributed by atoms with Gasteiger partial charge in [0.2, 0.25) is 0 Å². The molecule has 0 spiro atoms. The zero-order valence-corrected chi connectivity index (χ0v) is 9.73. The van der Waals surface area contributed by atoms with E-state index in [4.69, 9.17) is 36.8 Å². The monoisotopic (exact) mass is 237 g/mol. The van der Waals surface area contributed by atoms with Crippen LogP contribution in [0.1, 0.15) is 1.43 Å². The van der Waals surface area contributed by atoms with E-state index in [1.807, 2.05) is 0 Å². The summed E-state index contributed by atoms with van der Waals surface area (Å²) >= 11 is 0. The Bertz CT molecular complexity index is 202. The predicted molar refractivity (Wildman–Crippen MR) is 34.6 cm³/mol. The molecule has 0 aliphatic rings. The average Bonchev–Trinajstić information content (AvgIpc) is 1.12. The molecule has 0 atom stereocenters. The molecule has 0 aliphatic carbocycles. The molecule has 0 saturated heterocycles. The smallest absolute Gasteiger partial charge is 1.00 e. The minimum atomic E-state index is -4.67. The SMILES string of the molecule is N.O=P(O)(O)O.O=S(=O)(O)O.[H-].[Na+]. The van der Waals surface area contributed by atoms with Crippen molar-refractivity contribution in [2.24, 2.45) is 0 Å². The first-order valence-electron chi connectivity index (χ1n) is 1.48. The van der Waals surface area contributed by atoms with E-state index < -0.39 is 18.2 Å². The van der Waals surface area contributed by atoms with E-state index in [-0.39, 0.29) is 37.1 Å². The van der Waals surface area contributed by atoms with Crippen LogP contribution in [0.5, 0.6) is 0 Å². The second-order valence-corrected chi connectivity index (χ2v) is 2.88. The molecule has 0 aromatic rings. The van der Waals surface area contributed by atoms with Crippen LogP contribution in [0.2, 0.25) is 0 Å².